The molecule has 1 heterocycles. The molecule has 0 saturated heterocycles. The van der Waals surface area contributed by atoms with Crippen molar-refractivity contribution in [1.82, 2.24) is 9.97 Å². The molecule has 5 heteroatoms. The third-order valence-corrected chi connectivity index (χ3v) is 2.88. The summed E-state index contributed by atoms with van der Waals surface area (Å²) in [6.45, 7) is 4.84. The SMILES string of the molecule is CCCNc1cc(Oc2cccc(Br)c2)nc(C)n1. The minimum absolute atomic E-state index is 0.546. The molecule has 1 N–H and O–H groups in total. The van der Waals surface area contributed by atoms with Crippen LogP contribution in [-0.4, -0.2) is 16.5 Å². The number of aryl methyl sites for hydroxylation is 1. The summed E-state index contributed by atoms with van der Waals surface area (Å²) in [6, 6.07) is 9.47. The highest BCUT2D eigenvalue weighted by atomic mass is 79.9. The molecule has 0 fully saturated rings. The summed E-state index contributed by atoms with van der Waals surface area (Å²) < 4.78 is 6.71. The molecule has 4 nitrogen and oxygen atoms in total. The third kappa shape index (κ3) is 4.21. The quantitative estimate of drug-likeness (QED) is 0.898. The van der Waals surface area contributed by atoms with Crippen molar-refractivity contribution in [1.29, 1.82) is 0 Å². The van der Waals surface area contributed by atoms with Gasteiger partial charge in [0.25, 0.3) is 0 Å². The molecular formula is C14H16BrN3O. The fourth-order valence-electron chi connectivity index (χ4n) is 1.59. The highest BCUT2D eigenvalue weighted by Gasteiger charge is 2.04. The Labute approximate surface area is 121 Å². The van der Waals surface area contributed by atoms with Gasteiger partial charge in [0.2, 0.25) is 5.88 Å². The van der Waals surface area contributed by atoms with Gasteiger partial charge in [-0.1, -0.05) is 28.9 Å². The average molecular weight is 322 g/mol. The molecule has 2 aromatic rings. The van der Waals surface area contributed by atoms with E-state index in [0.717, 1.165) is 29.0 Å². The molecule has 0 aliphatic heterocycles. The molecule has 0 radical (unpaired) electrons. The number of nitrogens with zero attached hydrogens (tertiary/aromatic N) is 2. The largest absolute Gasteiger partial charge is 0.439 e. The van der Waals surface area contributed by atoms with Crippen LogP contribution in [-0.2, 0) is 0 Å². The average Bonchev–Trinajstić information content (AvgIpc) is 2.35. The summed E-state index contributed by atoms with van der Waals surface area (Å²) in [5.74, 6) is 2.77. The van der Waals surface area contributed by atoms with Crippen LogP contribution in [0.4, 0.5) is 5.82 Å². The Morgan fingerprint density at radius 3 is 2.84 bits per heavy atom. The van der Waals surface area contributed by atoms with Crippen LogP contribution in [0.25, 0.3) is 0 Å². The van der Waals surface area contributed by atoms with E-state index < -0.39 is 0 Å². The van der Waals surface area contributed by atoms with E-state index in [2.05, 4.69) is 38.1 Å². The number of rotatable bonds is 5. The van der Waals surface area contributed by atoms with Crippen LogP contribution in [0.2, 0.25) is 0 Å². The van der Waals surface area contributed by atoms with Crippen molar-refractivity contribution in [2.45, 2.75) is 20.3 Å². The Balaban J connectivity index is 2.17. The minimum atomic E-state index is 0.546. The Morgan fingerprint density at radius 1 is 1.26 bits per heavy atom. The molecule has 1 aromatic carbocycles. The van der Waals surface area contributed by atoms with Crippen molar-refractivity contribution in [2.24, 2.45) is 0 Å². The Kier molecular flexibility index (Phi) is 4.74. The number of benzene rings is 1. The van der Waals surface area contributed by atoms with E-state index in [1.807, 2.05) is 37.3 Å². The monoisotopic (exact) mass is 321 g/mol. The zero-order chi connectivity index (χ0) is 13.7. The van der Waals surface area contributed by atoms with Gasteiger partial charge in [0.05, 0.1) is 0 Å². The van der Waals surface area contributed by atoms with E-state index in [-0.39, 0.29) is 0 Å². The number of anilines is 1. The summed E-state index contributed by atoms with van der Waals surface area (Å²) in [5, 5.41) is 3.23. The van der Waals surface area contributed by atoms with Crippen LogP contribution in [0.3, 0.4) is 0 Å². The molecule has 19 heavy (non-hydrogen) atoms. The van der Waals surface area contributed by atoms with E-state index >= 15 is 0 Å². The smallest absolute Gasteiger partial charge is 0.224 e. The van der Waals surface area contributed by atoms with Crippen LogP contribution in [0.1, 0.15) is 19.2 Å². The van der Waals surface area contributed by atoms with Crippen molar-refractivity contribution in [2.75, 3.05) is 11.9 Å². The van der Waals surface area contributed by atoms with Crippen LogP contribution in [0.5, 0.6) is 11.6 Å². The Bertz CT molecular complexity index is 560. The molecule has 0 unspecified atom stereocenters. The molecule has 0 atom stereocenters. The number of hydrogen-bond donors (Lipinski definition) is 1. The first-order valence-electron chi connectivity index (χ1n) is 6.20. The predicted molar refractivity (Wildman–Crippen MR) is 79.8 cm³/mol. The second-order valence-electron chi connectivity index (χ2n) is 4.12. The molecule has 2 rings (SSSR count). The molecule has 0 saturated carbocycles. The van der Waals surface area contributed by atoms with Crippen molar-refractivity contribution < 1.29 is 4.74 Å². The highest BCUT2D eigenvalue weighted by molar-refractivity contribution is 9.10. The van der Waals surface area contributed by atoms with E-state index in [9.17, 15) is 0 Å². The van der Waals surface area contributed by atoms with Crippen molar-refractivity contribution in [3.05, 3.63) is 40.6 Å². The number of halogens is 1. The van der Waals surface area contributed by atoms with Crippen molar-refractivity contribution in [3.8, 4) is 11.6 Å². The molecule has 0 aliphatic carbocycles. The second-order valence-corrected chi connectivity index (χ2v) is 5.04. The first-order chi connectivity index (χ1) is 9.17. The topological polar surface area (TPSA) is 47.0 Å². The van der Waals surface area contributed by atoms with E-state index in [4.69, 9.17) is 4.74 Å². The summed E-state index contributed by atoms with van der Waals surface area (Å²) in [6.07, 6.45) is 1.05. The maximum Gasteiger partial charge on any atom is 0.224 e. The summed E-state index contributed by atoms with van der Waals surface area (Å²) in [4.78, 5) is 8.60. The lowest BCUT2D eigenvalue weighted by Gasteiger charge is -2.09. The van der Waals surface area contributed by atoms with E-state index in [0.29, 0.717) is 11.7 Å². The molecule has 100 valence electrons. The fraction of sp³-hybridized carbons (Fsp3) is 0.286. The van der Waals surface area contributed by atoms with Crippen LogP contribution < -0.4 is 10.1 Å². The molecule has 0 bridgehead atoms. The Hall–Kier alpha value is -1.62. The zero-order valence-corrected chi connectivity index (χ0v) is 12.6. The molecular weight excluding hydrogens is 306 g/mol. The maximum atomic E-state index is 5.74. The first kappa shape index (κ1) is 13.8. The summed E-state index contributed by atoms with van der Waals surface area (Å²) in [5.41, 5.74) is 0. The standard InChI is InChI=1S/C14H16BrN3O/c1-3-7-16-13-9-14(18-10(2)17-13)19-12-6-4-5-11(15)8-12/h4-6,8-9H,3,7H2,1-2H3,(H,16,17,18). The molecule has 1 aromatic heterocycles. The maximum absolute atomic E-state index is 5.74. The van der Waals surface area contributed by atoms with Gasteiger partial charge in [-0.3, -0.25) is 0 Å². The van der Waals surface area contributed by atoms with Crippen LogP contribution >= 0.6 is 15.9 Å². The van der Waals surface area contributed by atoms with E-state index in [1.54, 1.807) is 0 Å². The van der Waals surface area contributed by atoms with Gasteiger partial charge >= 0.3 is 0 Å². The number of ether oxygens (including phenoxy) is 1. The van der Waals surface area contributed by atoms with Gasteiger partial charge in [-0.2, -0.15) is 4.98 Å². The number of nitrogens with one attached hydrogen (secondary N) is 1. The van der Waals surface area contributed by atoms with Gasteiger partial charge in [-0.25, -0.2) is 4.98 Å². The molecule has 0 amide bonds. The molecule has 0 spiro atoms. The van der Waals surface area contributed by atoms with Gasteiger partial charge in [0.1, 0.15) is 17.4 Å². The first-order valence-corrected chi connectivity index (χ1v) is 6.99. The van der Waals surface area contributed by atoms with Gasteiger partial charge < -0.3 is 10.1 Å². The van der Waals surface area contributed by atoms with Gasteiger partial charge in [-0.05, 0) is 31.5 Å². The van der Waals surface area contributed by atoms with Gasteiger partial charge in [0, 0.05) is 17.1 Å². The third-order valence-electron chi connectivity index (χ3n) is 2.39. The lowest BCUT2D eigenvalue weighted by molar-refractivity contribution is 0.460. The Morgan fingerprint density at radius 2 is 2.11 bits per heavy atom. The number of aromatic nitrogens is 2. The molecule has 0 aliphatic rings. The lowest BCUT2D eigenvalue weighted by Crippen LogP contribution is -2.04. The minimum Gasteiger partial charge on any atom is -0.439 e. The predicted octanol–water partition coefficient (Wildman–Crippen LogP) is 4.16. The van der Waals surface area contributed by atoms with Crippen molar-refractivity contribution >= 4 is 21.7 Å². The fourth-order valence-corrected chi connectivity index (χ4v) is 1.97. The summed E-state index contributed by atoms with van der Waals surface area (Å²) in [7, 11) is 0. The van der Waals surface area contributed by atoms with Gasteiger partial charge in [-0.15, -0.1) is 0 Å². The number of hydrogen-bond acceptors (Lipinski definition) is 4. The second kappa shape index (κ2) is 6.52. The van der Waals surface area contributed by atoms with Crippen LogP contribution in [0, 0.1) is 6.92 Å². The normalized spacial score (nSPS) is 10.3. The van der Waals surface area contributed by atoms with E-state index in [1.165, 1.54) is 0 Å². The summed E-state index contributed by atoms with van der Waals surface area (Å²) >= 11 is 3.41. The highest BCUT2D eigenvalue weighted by Crippen LogP contribution is 2.24. The van der Waals surface area contributed by atoms with Gasteiger partial charge in [0.15, 0.2) is 0 Å². The zero-order valence-electron chi connectivity index (χ0n) is 11.0. The lowest BCUT2D eigenvalue weighted by atomic mass is 10.3. The van der Waals surface area contributed by atoms with Crippen LogP contribution in [0.15, 0.2) is 34.8 Å². The van der Waals surface area contributed by atoms with Crippen molar-refractivity contribution in [3.63, 3.8) is 0 Å².